The number of thioether (sulfide) groups is 1. The van der Waals surface area contributed by atoms with E-state index in [1.54, 1.807) is 12.1 Å². The molecule has 20 heavy (non-hydrogen) atoms. The van der Waals surface area contributed by atoms with Crippen molar-refractivity contribution in [2.24, 2.45) is 0 Å². The van der Waals surface area contributed by atoms with E-state index in [1.165, 1.54) is 35.2 Å². The van der Waals surface area contributed by atoms with E-state index < -0.39 is 6.36 Å². The van der Waals surface area contributed by atoms with Gasteiger partial charge in [-0.1, -0.05) is 35.2 Å². The summed E-state index contributed by atoms with van der Waals surface area (Å²) in [5, 5.41) is 7.98. The molecule has 1 aromatic heterocycles. The van der Waals surface area contributed by atoms with Gasteiger partial charge in [-0.2, -0.15) is 0 Å². The van der Waals surface area contributed by atoms with Crippen molar-refractivity contribution < 1.29 is 17.9 Å². The van der Waals surface area contributed by atoms with Gasteiger partial charge in [-0.25, -0.2) is 0 Å². The van der Waals surface area contributed by atoms with Crippen molar-refractivity contribution in [3.8, 4) is 5.75 Å². The number of aromatic nitrogens is 2. The number of nitrogens with zero attached hydrogens (tertiary/aromatic N) is 2. The highest BCUT2D eigenvalue weighted by Gasteiger charge is 2.31. The number of benzene rings is 1. The molecule has 1 aromatic carbocycles. The van der Waals surface area contributed by atoms with Gasteiger partial charge >= 0.3 is 6.36 Å². The minimum absolute atomic E-state index is 0.0160. The number of halogens is 3. The summed E-state index contributed by atoms with van der Waals surface area (Å²) < 4.78 is 40.6. The molecule has 0 spiro atoms. The highest BCUT2D eigenvalue weighted by atomic mass is 32.2. The Morgan fingerprint density at radius 2 is 1.90 bits per heavy atom. The molecular weight excluding hydrogens is 311 g/mol. The Balaban J connectivity index is 2.02. The summed E-state index contributed by atoms with van der Waals surface area (Å²) in [5.41, 5.74) is 6.34. The molecule has 0 radical (unpaired) electrons. The maximum Gasteiger partial charge on any atom is 0.573 e. The van der Waals surface area contributed by atoms with Crippen LogP contribution < -0.4 is 10.5 Å². The number of ether oxygens (including phenoxy) is 1. The molecule has 1 atom stereocenters. The summed E-state index contributed by atoms with van der Waals surface area (Å²) >= 11 is 2.71. The molecule has 0 saturated heterocycles. The Hall–Kier alpha value is -1.48. The zero-order valence-corrected chi connectivity index (χ0v) is 11.9. The van der Waals surface area contributed by atoms with Crippen LogP contribution in [0, 0.1) is 0 Å². The van der Waals surface area contributed by atoms with Gasteiger partial charge in [0.05, 0.1) is 0 Å². The number of nitrogens with two attached hydrogens (primary N) is 1. The number of rotatable bonds is 4. The fourth-order valence-corrected chi connectivity index (χ4v) is 3.34. The van der Waals surface area contributed by atoms with Gasteiger partial charge in [0, 0.05) is 5.25 Å². The van der Waals surface area contributed by atoms with E-state index in [0.717, 1.165) is 5.56 Å². The lowest BCUT2D eigenvalue weighted by Gasteiger charge is -2.12. The predicted octanol–water partition coefficient (Wildman–Crippen LogP) is 3.87. The Labute approximate surface area is 121 Å². The van der Waals surface area contributed by atoms with Gasteiger partial charge in [0.15, 0.2) is 4.34 Å². The standard InChI is InChI=1S/C11H10F3N3OS2/c1-6(19-10-17-16-9(15)20-10)7-2-4-8(5-3-7)18-11(12,13)14/h2-6H,1H3,(H2,15,16). The van der Waals surface area contributed by atoms with Crippen molar-refractivity contribution in [2.45, 2.75) is 22.9 Å². The fraction of sp³-hybridized carbons (Fsp3) is 0.273. The van der Waals surface area contributed by atoms with Crippen molar-refractivity contribution in [3.05, 3.63) is 29.8 Å². The predicted molar refractivity (Wildman–Crippen MR) is 71.7 cm³/mol. The number of nitrogen functional groups attached to an aromatic ring is 1. The quantitative estimate of drug-likeness (QED) is 0.866. The molecule has 2 rings (SSSR count). The topological polar surface area (TPSA) is 61.0 Å². The van der Waals surface area contributed by atoms with Crippen molar-refractivity contribution in [1.29, 1.82) is 0 Å². The third-order valence-electron chi connectivity index (χ3n) is 2.28. The molecule has 0 bridgehead atoms. The first-order valence-corrected chi connectivity index (χ1v) is 7.14. The molecule has 4 nitrogen and oxygen atoms in total. The number of anilines is 1. The molecular formula is C11H10F3N3OS2. The van der Waals surface area contributed by atoms with E-state index in [1.807, 2.05) is 6.92 Å². The molecule has 2 aromatic rings. The first-order chi connectivity index (χ1) is 9.33. The van der Waals surface area contributed by atoms with Crippen LogP contribution in [0.1, 0.15) is 17.7 Å². The minimum atomic E-state index is -4.67. The minimum Gasteiger partial charge on any atom is -0.406 e. The maximum atomic E-state index is 12.0. The van der Waals surface area contributed by atoms with Gasteiger partial charge in [-0.15, -0.1) is 23.4 Å². The Morgan fingerprint density at radius 3 is 2.40 bits per heavy atom. The Morgan fingerprint density at radius 1 is 1.25 bits per heavy atom. The SMILES string of the molecule is CC(Sc1nnc(N)s1)c1ccc(OC(F)(F)F)cc1. The Kier molecular flexibility index (Phi) is 4.39. The zero-order valence-electron chi connectivity index (χ0n) is 10.2. The van der Waals surface area contributed by atoms with Gasteiger partial charge in [0.2, 0.25) is 5.13 Å². The van der Waals surface area contributed by atoms with E-state index in [9.17, 15) is 13.2 Å². The van der Waals surface area contributed by atoms with Crippen LogP contribution in [-0.2, 0) is 0 Å². The van der Waals surface area contributed by atoms with Crippen LogP contribution in [0.3, 0.4) is 0 Å². The third-order valence-corrected chi connectivity index (χ3v) is 4.28. The van der Waals surface area contributed by atoms with E-state index >= 15 is 0 Å². The number of hydrogen-bond acceptors (Lipinski definition) is 6. The van der Waals surface area contributed by atoms with Gasteiger partial charge < -0.3 is 10.5 Å². The van der Waals surface area contributed by atoms with Crippen LogP contribution in [0.15, 0.2) is 28.6 Å². The van der Waals surface area contributed by atoms with Gasteiger partial charge in [-0.3, -0.25) is 0 Å². The average Bonchev–Trinajstić information content (AvgIpc) is 2.73. The summed E-state index contributed by atoms with van der Waals surface area (Å²) in [5.74, 6) is -0.237. The second-order valence-electron chi connectivity index (χ2n) is 3.78. The van der Waals surface area contributed by atoms with Crippen molar-refractivity contribution in [2.75, 3.05) is 5.73 Å². The van der Waals surface area contributed by atoms with Crippen LogP contribution in [0.4, 0.5) is 18.3 Å². The van der Waals surface area contributed by atoms with Crippen LogP contribution in [0.2, 0.25) is 0 Å². The fourth-order valence-electron chi connectivity index (χ4n) is 1.43. The highest BCUT2D eigenvalue weighted by Crippen LogP contribution is 2.37. The van der Waals surface area contributed by atoms with Gasteiger partial charge in [0.1, 0.15) is 5.75 Å². The molecule has 9 heteroatoms. The van der Waals surface area contributed by atoms with Crippen molar-refractivity contribution >= 4 is 28.2 Å². The van der Waals surface area contributed by atoms with Gasteiger partial charge in [-0.05, 0) is 24.6 Å². The molecule has 2 N–H and O–H groups in total. The summed E-state index contributed by atoms with van der Waals surface area (Å²) in [6.07, 6.45) is -4.67. The van der Waals surface area contributed by atoms with Crippen molar-refractivity contribution in [3.63, 3.8) is 0 Å². The molecule has 1 heterocycles. The van der Waals surface area contributed by atoms with Crippen molar-refractivity contribution in [1.82, 2.24) is 10.2 Å². The first kappa shape index (κ1) is 14.9. The monoisotopic (exact) mass is 321 g/mol. The molecule has 1 unspecified atom stereocenters. The second-order valence-corrected chi connectivity index (χ2v) is 6.38. The van der Waals surface area contributed by atoms with Crippen LogP contribution >= 0.6 is 23.1 Å². The van der Waals surface area contributed by atoms with Gasteiger partial charge in [0.25, 0.3) is 0 Å². The third kappa shape index (κ3) is 4.27. The normalized spacial score (nSPS) is 13.2. The summed E-state index contributed by atoms with van der Waals surface area (Å²) in [7, 11) is 0. The summed E-state index contributed by atoms with van der Waals surface area (Å²) in [4.78, 5) is 0. The molecule has 0 aliphatic heterocycles. The van der Waals surface area contributed by atoms with E-state index in [-0.39, 0.29) is 11.0 Å². The molecule has 108 valence electrons. The van der Waals surface area contributed by atoms with E-state index in [2.05, 4.69) is 14.9 Å². The van der Waals surface area contributed by atoms with E-state index in [4.69, 9.17) is 5.73 Å². The smallest absolute Gasteiger partial charge is 0.406 e. The largest absolute Gasteiger partial charge is 0.573 e. The number of hydrogen-bond donors (Lipinski definition) is 1. The lowest BCUT2D eigenvalue weighted by atomic mass is 10.2. The molecule has 0 aliphatic rings. The average molecular weight is 321 g/mol. The summed E-state index contributed by atoms with van der Waals surface area (Å²) in [6.45, 7) is 1.92. The lowest BCUT2D eigenvalue weighted by molar-refractivity contribution is -0.274. The summed E-state index contributed by atoms with van der Waals surface area (Å²) in [6, 6.07) is 5.74. The lowest BCUT2D eigenvalue weighted by Crippen LogP contribution is -2.17. The first-order valence-electron chi connectivity index (χ1n) is 5.45. The molecule has 0 aliphatic carbocycles. The second kappa shape index (κ2) is 5.88. The Bertz CT molecular complexity index is 571. The number of alkyl halides is 3. The van der Waals surface area contributed by atoms with E-state index in [0.29, 0.717) is 9.47 Å². The highest BCUT2D eigenvalue weighted by molar-refractivity contribution is 8.01. The molecule has 0 amide bonds. The van der Waals surface area contributed by atoms with Crippen LogP contribution in [-0.4, -0.2) is 16.6 Å². The van der Waals surface area contributed by atoms with Crippen LogP contribution in [0.5, 0.6) is 5.75 Å². The molecule has 0 saturated carbocycles. The van der Waals surface area contributed by atoms with Crippen LogP contribution in [0.25, 0.3) is 0 Å². The maximum absolute atomic E-state index is 12.0. The zero-order chi connectivity index (χ0) is 14.8. The molecule has 0 fully saturated rings.